The van der Waals surface area contributed by atoms with Crippen molar-refractivity contribution in [3.8, 4) is 0 Å². The van der Waals surface area contributed by atoms with Crippen LogP contribution in [0.2, 0.25) is 0 Å². The maximum atomic E-state index is 11.6. The van der Waals surface area contributed by atoms with Crippen LogP contribution in [-0.2, 0) is 6.42 Å². The molecule has 7 N–H and O–H groups in total. The molecule has 7 nitrogen and oxygen atoms in total. The fourth-order valence-electron chi connectivity index (χ4n) is 1.76. The van der Waals surface area contributed by atoms with E-state index in [9.17, 15) is 4.79 Å². The minimum atomic E-state index is -0.160. The number of fused-ring (bicyclic) bond motifs is 1. The second kappa shape index (κ2) is 4.74. The lowest BCUT2D eigenvalue weighted by Crippen LogP contribution is -2.31. The maximum absolute atomic E-state index is 11.6. The number of hydrogen-bond donors (Lipinski definition) is 4. The van der Waals surface area contributed by atoms with Crippen LogP contribution in [0, 0.1) is 0 Å². The molecule has 0 atom stereocenters. The first-order chi connectivity index (χ1) is 8.56. The van der Waals surface area contributed by atoms with Crippen LogP contribution in [0.1, 0.15) is 15.9 Å². The number of guanidine groups is 2. The van der Waals surface area contributed by atoms with Crippen LogP contribution in [0.25, 0.3) is 0 Å². The highest BCUT2D eigenvalue weighted by molar-refractivity contribution is 5.98. The van der Waals surface area contributed by atoms with Gasteiger partial charge in [-0.2, -0.15) is 4.99 Å². The molecule has 7 heteroatoms. The predicted molar refractivity (Wildman–Crippen MR) is 69.6 cm³/mol. The monoisotopic (exact) mass is 246 g/mol. The Morgan fingerprint density at radius 2 is 2.06 bits per heavy atom. The zero-order chi connectivity index (χ0) is 13.1. The van der Waals surface area contributed by atoms with E-state index in [1.165, 1.54) is 0 Å². The topological polar surface area (TPSA) is 132 Å². The Balaban J connectivity index is 2.34. The van der Waals surface area contributed by atoms with E-state index in [2.05, 4.69) is 15.3 Å². The van der Waals surface area contributed by atoms with Gasteiger partial charge in [0.15, 0.2) is 5.96 Å². The van der Waals surface area contributed by atoms with E-state index in [4.69, 9.17) is 17.2 Å². The van der Waals surface area contributed by atoms with Crippen molar-refractivity contribution in [2.75, 3.05) is 6.54 Å². The molecule has 94 valence electrons. The van der Waals surface area contributed by atoms with Crippen LogP contribution in [0.15, 0.2) is 28.2 Å². The molecule has 0 bridgehead atoms. The highest BCUT2D eigenvalue weighted by Crippen LogP contribution is 2.21. The van der Waals surface area contributed by atoms with Crippen LogP contribution in [-0.4, -0.2) is 24.4 Å². The number of nitrogens with one attached hydrogen (secondary N) is 1. The molecular weight excluding hydrogens is 232 g/mol. The molecule has 1 aromatic rings. The molecule has 1 aliphatic heterocycles. The van der Waals surface area contributed by atoms with Gasteiger partial charge >= 0.3 is 0 Å². The van der Waals surface area contributed by atoms with Gasteiger partial charge in [0.2, 0.25) is 5.96 Å². The molecule has 0 saturated heterocycles. The molecule has 0 unspecified atom stereocenters. The lowest BCUT2D eigenvalue weighted by atomic mass is 10.00. The number of rotatable bonds is 1. The van der Waals surface area contributed by atoms with Crippen molar-refractivity contribution in [1.82, 2.24) is 5.32 Å². The standard InChI is InChI=1S/C11H14N6O/c12-10(13)17-11(14)16-7-2-1-6-3-4-15-9(18)8(6)5-7/h1-2,5H,3-4H2,(H,15,18)(H6,12,13,14,16,17). The van der Waals surface area contributed by atoms with Crippen molar-refractivity contribution >= 4 is 23.5 Å². The molecule has 0 aromatic heterocycles. The summed E-state index contributed by atoms with van der Waals surface area (Å²) < 4.78 is 0. The van der Waals surface area contributed by atoms with Gasteiger partial charge < -0.3 is 22.5 Å². The van der Waals surface area contributed by atoms with Crippen molar-refractivity contribution in [1.29, 1.82) is 0 Å². The second-order valence-corrected chi connectivity index (χ2v) is 3.85. The summed E-state index contributed by atoms with van der Waals surface area (Å²) in [6.07, 6.45) is 0.814. The van der Waals surface area contributed by atoms with E-state index in [1.807, 2.05) is 6.07 Å². The van der Waals surface area contributed by atoms with E-state index in [1.54, 1.807) is 12.1 Å². The van der Waals surface area contributed by atoms with E-state index in [0.717, 1.165) is 12.0 Å². The van der Waals surface area contributed by atoms with Gasteiger partial charge in [-0.25, -0.2) is 4.99 Å². The number of carbonyl (C=O) groups is 1. The maximum Gasteiger partial charge on any atom is 0.251 e. The lowest BCUT2D eigenvalue weighted by molar-refractivity contribution is 0.0946. The second-order valence-electron chi connectivity index (χ2n) is 3.85. The number of nitrogens with two attached hydrogens (primary N) is 3. The summed E-state index contributed by atoms with van der Waals surface area (Å²) >= 11 is 0. The smallest absolute Gasteiger partial charge is 0.251 e. The minimum Gasteiger partial charge on any atom is -0.370 e. The number of aliphatic imine (C=N–C) groups is 2. The van der Waals surface area contributed by atoms with Crippen LogP contribution in [0.5, 0.6) is 0 Å². The highest BCUT2D eigenvalue weighted by atomic mass is 16.1. The largest absolute Gasteiger partial charge is 0.370 e. The molecule has 0 saturated carbocycles. The van der Waals surface area contributed by atoms with E-state index < -0.39 is 0 Å². The Kier molecular flexibility index (Phi) is 3.13. The first-order valence-corrected chi connectivity index (χ1v) is 5.41. The van der Waals surface area contributed by atoms with E-state index in [0.29, 0.717) is 17.8 Å². The highest BCUT2D eigenvalue weighted by Gasteiger charge is 2.16. The number of hydrogen-bond acceptors (Lipinski definition) is 2. The third kappa shape index (κ3) is 2.57. The fraction of sp³-hybridized carbons (Fsp3) is 0.182. The lowest BCUT2D eigenvalue weighted by Gasteiger charge is -2.16. The third-order valence-corrected chi connectivity index (χ3v) is 2.51. The first-order valence-electron chi connectivity index (χ1n) is 5.41. The molecule has 0 radical (unpaired) electrons. The van der Waals surface area contributed by atoms with Gasteiger partial charge in [-0.05, 0) is 24.1 Å². The SMILES string of the molecule is NC(N)=NC(N)=Nc1ccc2c(c1)C(=O)NCC2. The Labute approximate surface area is 104 Å². The predicted octanol–water partition coefficient (Wildman–Crippen LogP) is -0.808. The Hall–Kier alpha value is -2.57. The molecule has 1 amide bonds. The van der Waals surface area contributed by atoms with Crippen molar-refractivity contribution in [3.63, 3.8) is 0 Å². The van der Waals surface area contributed by atoms with Gasteiger partial charge in [0, 0.05) is 12.1 Å². The zero-order valence-corrected chi connectivity index (χ0v) is 9.68. The summed E-state index contributed by atoms with van der Waals surface area (Å²) in [4.78, 5) is 19.3. The molecule has 0 fully saturated rings. The Morgan fingerprint density at radius 3 is 2.78 bits per heavy atom. The average Bonchev–Trinajstić information content (AvgIpc) is 2.29. The molecule has 1 aromatic carbocycles. The molecular formula is C11H14N6O. The van der Waals surface area contributed by atoms with Gasteiger partial charge in [-0.15, -0.1) is 0 Å². The van der Waals surface area contributed by atoms with Crippen LogP contribution >= 0.6 is 0 Å². The van der Waals surface area contributed by atoms with Gasteiger partial charge in [0.25, 0.3) is 5.91 Å². The summed E-state index contributed by atoms with van der Waals surface area (Å²) in [7, 11) is 0. The molecule has 0 aliphatic carbocycles. The van der Waals surface area contributed by atoms with Crippen molar-refractivity contribution in [2.45, 2.75) is 6.42 Å². The van der Waals surface area contributed by atoms with Gasteiger partial charge in [0.05, 0.1) is 5.69 Å². The summed E-state index contributed by atoms with van der Waals surface area (Å²) in [5, 5.41) is 2.76. The van der Waals surface area contributed by atoms with Gasteiger partial charge in [-0.1, -0.05) is 6.07 Å². The van der Waals surface area contributed by atoms with E-state index >= 15 is 0 Å². The van der Waals surface area contributed by atoms with Crippen LogP contribution in [0.4, 0.5) is 5.69 Å². The third-order valence-electron chi connectivity index (χ3n) is 2.51. The normalized spacial score (nSPS) is 14.7. The number of amides is 1. The van der Waals surface area contributed by atoms with Crippen molar-refractivity contribution in [3.05, 3.63) is 29.3 Å². The molecule has 18 heavy (non-hydrogen) atoms. The molecule has 0 spiro atoms. The Bertz CT molecular complexity index is 544. The van der Waals surface area contributed by atoms with Gasteiger partial charge in [0.1, 0.15) is 0 Å². The summed E-state index contributed by atoms with van der Waals surface area (Å²) in [5.41, 5.74) is 18.0. The summed E-state index contributed by atoms with van der Waals surface area (Å²) in [5.74, 6) is -0.313. The fourth-order valence-corrected chi connectivity index (χ4v) is 1.76. The first kappa shape index (κ1) is 11.9. The van der Waals surface area contributed by atoms with Crippen molar-refractivity contribution < 1.29 is 4.79 Å². The molecule has 1 aliphatic rings. The summed E-state index contributed by atoms with van der Waals surface area (Å²) in [6.45, 7) is 0.657. The number of benzene rings is 1. The average molecular weight is 246 g/mol. The van der Waals surface area contributed by atoms with E-state index in [-0.39, 0.29) is 17.8 Å². The Morgan fingerprint density at radius 1 is 1.28 bits per heavy atom. The molecule has 1 heterocycles. The number of nitrogens with zero attached hydrogens (tertiary/aromatic N) is 2. The zero-order valence-electron chi connectivity index (χ0n) is 9.68. The van der Waals surface area contributed by atoms with Gasteiger partial charge in [-0.3, -0.25) is 4.79 Å². The summed E-state index contributed by atoms with van der Waals surface area (Å²) in [6, 6.07) is 5.29. The van der Waals surface area contributed by atoms with Crippen LogP contribution < -0.4 is 22.5 Å². The quantitative estimate of drug-likeness (QED) is 0.381. The molecule has 2 rings (SSSR count). The number of carbonyl (C=O) groups excluding carboxylic acids is 1. The van der Waals surface area contributed by atoms with Crippen molar-refractivity contribution in [2.24, 2.45) is 27.2 Å². The van der Waals surface area contributed by atoms with Crippen LogP contribution in [0.3, 0.4) is 0 Å². The minimum absolute atomic E-state index is 0.0498.